The number of likely N-dealkylation sites (N-methyl/N-ethyl adjacent to an activating group) is 1. The number of amides is 1. The maximum absolute atomic E-state index is 13.4. The maximum Gasteiger partial charge on any atom is 0.514 e. The van der Waals surface area contributed by atoms with Crippen molar-refractivity contribution in [2.45, 2.75) is 76.7 Å². The van der Waals surface area contributed by atoms with Crippen molar-refractivity contribution >= 4 is 12.1 Å². The smallest absolute Gasteiger partial charge is 0.507 e. The van der Waals surface area contributed by atoms with Gasteiger partial charge in [0.15, 0.2) is 11.5 Å². The van der Waals surface area contributed by atoms with Crippen LogP contribution in [0.2, 0.25) is 0 Å². The van der Waals surface area contributed by atoms with Crippen molar-refractivity contribution in [3.05, 3.63) is 93.6 Å². The summed E-state index contributed by atoms with van der Waals surface area (Å²) in [7, 11) is 2.01. The number of carbonyl (C=O) groups is 2. The van der Waals surface area contributed by atoms with Crippen LogP contribution in [0.5, 0.6) is 23.0 Å². The summed E-state index contributed by atoms with van der Waals surface area (Å²) in [5.41, 5.74) is 6.76. The number of phenolic OH excluding ortho intramolecular Hbond substituents is 1. The molecule has 3 aromatic rings. The molecule has 1 fully saturated rings. The van der Waals surface area contributed by atoms with E-state index in [2.05, 4.69) is 33.8 Å². The van der Waals surface area contributed by atoms with Crippen LogP contribution >= 0.6 is 0 Å². The summed E-state index contributed by atoms with van der Waals surface area (Å²) in [5.74, 6) is 1.40. The lowest BCUT2D eigenvalue weighted by atomic mass is 9.71. The van der Waals surface area contributed by atoms with Gasteiger partial charge in [-0.25, -0.2) is 4.79 Å². The molecule has 7 rings (SSSR count). The summed E-state index contributed by atoms with van der Waals surface area (Å²) in [6.45, 7) is 9.47. The normalized spacial score (nSPS) is 23.1. The highest BCUT2D eigenvalue weighted by Crippen LogP contribution is 2.57. The van der Waals surface area contributed by atoms with Gasteiger partial charge in [-0.1, -0.05) is 49.1 Å². The Morgan fingerprint density at radius 1 is 1.10 bits per heavy atom. The van der Waals surface area contributed by atoms with Crippen LogP contribution in [0.1, 0.15) is 63.0 Å². The zero-order valence-electron chi connectivity index (χ0n) is 28.8. The van der Waals surface area contributed by atoms with Gasteiger partial charge >= 0.3 is 6.16 Å². The average molecular weight is 679 g/mol. The SMILES string of the molecule is C=CCOC(=O)Oc1c(C)c2c(c3c1CC1[C@H]4c5c(cc(C)c(C)c5O)C[C@@H]([C@H](C#N)N1[C@H]3CNC(=O)CCc1ccccc1)N4C)OCO2. The van der Waals surface area contributed by atoms with E-state index >= 15 is 0 Å². The van der Waals surface area contributed by atoms with Crippen molar-refractivity contribution < 1.29 is 33.6 Å². The number of piperazine rings is 1. The molecule has 2 N–H and O–H groups in total. The summed E-state index contributed by atoms with van der Waals surface area (Å²) in [6, 6.07) is 12.6. The van der Waals surface area contributed by atoms with E-state index in [4.69, 9.17) is 18.9 Å². The highest BCUT2D eigenvalue weighted by molar-refractivity contribution is 5.76. The molecule has 4 heterocycles. The molecular formula is C39H42N4O7. The Bertz CT molecular complexity index is 1900. The number of ether oxygens (including phenoxy) is 4. The molecule has 260 valence electrons. The van der Waals surface area contributed by atoms with E-state index in [0.717, 1.165) is 27.8 Å². The Morgan fingerprint density at radius 2 is 1.86 bits per heavy atom. The largest absolute Gasteiger partial charge is 0.514 e. The van der Waals surface area contributed by atoms with Crippen molar-refractivity contribution in [3.8, 4) is 29.1 Å². The molecule has 1 unspecified atom stereocenters. The molecule has 11 nitrogen and oxygen atoms in total. The molecule has 3 aromatic carbocycles. The number of nitrogens with zero attached hydrogens (tertiary/aromatic N) is 3. The monoisotopic (exact) mass is 678 g/mol. The van der Waals surface area contributed by atoms with Gasteiger partial charge < -0.3 is 29.4 Å². The summed E-state index contributed by atoms with van der Waals surface area (Å²) >= 11 is 0. The molecule has 1 amide bonds. The van der Waals surface area contributed by atoms with E-state index in [9.17, 15) is 20.0 Å². The van der Waals surface area contributed by atoms with Gasteiger partial charge in [0, 0.05) is 47.3 Å². The number of hydrogen-bond acceptors (Lipinski definition) is 10. The number of aryl methyl sites for hydroxylation is 2. The summed E-state index contributed by atoms with van der Waals surface area (Å²) in [6.07, 6.45) is 2.39. The van der Waals surface area contributed by atoms with Gasteiger partial charge in [-0.15, -0.1) is 0 Å². The molecule has 0 saturated carbocycles. The van der Waals surface area contributed by atoms with E-state index in [0.29, 0.717) is 53.2 Å². The fourth-order valence-corrected chi connectivity index (χ4v) is 8.47. The second-order valence-corrected chi connectivity index (χ2v) is 13.6. The molecule has 1 saturated heterocycles. The fraction of sp³-hybridized carbons (Fsp3) is 0.410. The molecule has 5 atom stereocenters. The van der Waals surface area contributed by atoms with Crippen LogP contribution < -0.4 is 19.5 Å². The van der Waals surface area contributed by atoms with Gasteiger partial charge in [0.1, 0.15) is 24.1 Å². The lowest BCUT2D eigenvalue weighted by Gasteiger charge is -2.60. The fourth-order valence-electron chi connectivity index (χ4n) is 8.47. The molecule has 4 aliphatic rings. The van der Waals surface area contributed by atoms with Crippen LogP contribution in [0.3, 0.4) is 0 Å². The van der Waals surface area contributed by atoms with E-state index in [1.165, 1.54) is 6.08 Å². The van der Waals surface area contributed by atoms with Crippen molar-refractivity contribution in [3.63, 3.8) is 0 Å². The second kappa shape index (κ2) is 13.3. The molecule has 0 aliphatic carbocycles. The third-order valence-electron chi connectivity index (χ3n) is 10.9. The summed E-state index contributed by atoms with van der Waals surface area (Å²) < 4.78 is 23.3. The van der Waals surface area contributed by atoms with Gasteiger partial charge in [0.25, 0.3) is 0 Å². The molecule has 4 aliphatic heterocycles. The van der Waals surface area contributed by atoms with E-state index < -0.39 is 18.2 Å². The van der Waals surface area contributed by atoms with Gasteiger partial charge in [-0.2, -0.15) is 5.26 Å². The number of benzene rings is 3. The standard InChI is InChI=1S/C39H42N4O7/c1-6-14-47-39(46)50-36-23(4)37-38(49-20-48-37)33-26(36)17-28-34-32-25(15-21(2)22(3)35(32)45)16-27(42(34)5)29(18-40)43(28)30(33)19-41-31(44)13-12-24-10-8-7-9-11-24/h6-11,15,27-30,34,45H,1,12-14,16-17,19-20H2,2-5H3,(H,41,44)/t27-,28?,29-,30-,34-/m0/s1. The van der Waals surface area contributed by atoms with Crippen LogP contribution in [-0.4, -0.2) is 72.1 Å². The molecule has 11 heteroatoms. The first-order valence-corrected chi connectivity index (χ1v) is 17.1. The van der Waals surface area contributed by atoms with Crippen molar-refractivity contribution in [1.29, 1.82) is 5.26 Å². The Morgan fingerprint density at radius 3 is 2.60 bits per heavy atom. The van der Waals surface area contributed by atoms with Crippen LogP contribution in [0.25, 0.3) is 0 Å². The lowest BCUT2D eigenvalue weighted by Crippen LogP contribution is -2.68. The first kappa shape index (κ1) is 33.4. The number of carbonyl (C=O) groups excluding carboxylic acids is 2. The highest BCUT2D eigenvalue weighted by Gasteiger charge is 2.56. The van der Waals surface area contributed by atoms with Crippen molar-refractivity contribution in [2.24, 2.45) is 0 Å². The maximum atomic E-state index is 13.4. The third-order valence-corrected chi connectivity index (χ3v) is 10.9. The minimum atomic E-state index is -0.884. The summed E-state index contributed by atoms with van der Waals surface area (Å²) in [4.78, 5) is 30.8. The Labute approximate surface area is 292 Å². The zero-order valence-corrected chi connectivity index (χ0v) is 28.8. The number of phenols is 1. The number of aromatic hydroxyl groups is 1. The lowest BCUT2D eigenvalue weighted by molar-refractivity contribution is -0.122. The number of nitriles is 1. The van der Waals surface area contributed by atoms with Crippen LogP contribution in [-0.2, 0) is 28.8 Å². The van der Waals surface area contributed by atoms with E-state index in [1.807, 2.05) is 58.2 Å². The summed E-state index contributed by atoms with van der Waals surface area (Å²) in [5, 5.41) is 25.8. The topological polar surface area (TPSA) is 134 Å². The number of nitrogens with one attached hydrogen (secondary N) is 1. The molecule has 0 radical (unpaired) electrons. The molecule has 2 bridgehead atoms. The second-order valence-electron chi connectivity index (χ2n) is 13.6. The Balaban J connectivity index is 1.36. The minimum Gasteiger partial charge on any atom is -0.507 e. The molecular weight excluding hydrogens is 636 g/mol. The van der Waals surface area contributed by atoms with Crippen LogP contribution in [0, 0.1) is 32.1 Å². The van der Waals surface area contributed by atoms with Crippen molar-refractivity contribution in [2.75, 3.05) is 27.0 Å². The first-order valence-electron chi connectivity index (χ1n) is 17.1. The average Bonchev–Trinajstić information content (AvgIpc) is 3.61. The van der Waals surface area contributed by atoms with Gasteiger partial charge in [0.05, 0.1) is 18.2 Å². The van der Waals surface area contributed by atoms with Gasteiger partial charge in [-0.05, 0) is 69.3 Å². The molecule has 50 heavy (non-hydrogen) atoms. The predicted molar refractivity (Wildman–Crippen MR) is 184 cm³/mol. The van der Waals surface area contributed by atoms with E-state index in [1.54, 1.807) is 0 Å². The van der Waals surface area contributed by atoms with Crippen LogP contribution in [0.15, 0.2) is 49.1 Å². The molecule has 0 aromatic heterocycles. The number of fused-ring (bicyclic) bond motifs is 9. The minimum absolute atomic E-state index is 0.0222. The predicted octanol–water partition coefficient (Wildman–Crippen LogP) is 5.27. The first-order chi connectivity index (χ1) is 24.1. The number of hydrogen-bond donors (Lipinski definition) is 2. The quantitative estimate of drug-likeness (QED) is 0.185. The molecule has 0 spiro atoms. The van der Waals surface area contributed by atoms with E-state index in [-0.39, 0.29) is 56.1 Å². The Hall–Kier alpha value is -5.05. The Kier molecular flexibility index (Phi) is 8.93. The number of rotatable bonds is 8. The van der Waals surface area contributed by atoms with Crippen molar-refractivity contribution in [1.82, 2.24) is 15.1 Å². The van der Waals surface area contributed by atoms with Gasteiger partial charge in [-0.3, -0.25) is 14.6 Å². The van der Waals surface area contributed by atoms with Gasteiger partial charge in [0.2, 0.25) is 12.7 Å². The third kappa shape index (κ3) is 5.53. The highest BCUT2D eigenvalue weighted by atomic mass is 16.7. The van der Waals surface area contributed by atoms with Crippen LogP contribution in [0.4, 0.5) is 4.79 Å². The zero-order chi connectivity index (χ0) is 35.3.